The Morgan fingerprint density at radius 3 is 2.58 bits per heavy atom. The summed E-state index contributed by atoms with van der Waals surface area (Å²) in [6.45, 7) is 6.77. The number of hydrogen-bond acceptors (Lipinski definition) is 4. The average molecular weight is 267 g/mol. The fourth-order valence-corrected chi connectivity index (χ4v) is 2.20. The second-order valence-electron chi connectivity index (χ2n) is 4.67. The molecule has 0 fully saturated rings. The van der Waals surface area contributed by atoms with Crippen LogP contribution in [0.4, 0.5) is 0 Å². The molecule has 0 aliphatic carbocycles. The Kier molecular flexibility index (Phi) is 6.84. The third-order valence-electron chi connectivity index (χ3n) is 3.34. The first-order valence-electron chi connectivity index (χ1n) is 6.65. The van der Waals surface area contributed by atoms with Crippen molar-refractivity contribution in [1.82, 2.24) is 4.90 Å². The minimum Gasteiger partial charge on any atom is -0.496 e. The number of aliphatic hydroxyl groups is 1. The van der Waals surface area contributed by atoms with Crippen LogP contribution in [0.2, 0.25) is 0 Å². The quantitative estimate of drug-likeness (QED) is 0.782. The van der Waals surface area contributed by atoms with E-state index in [0.29, 0.717) is 12.6 Å². The van der Waals surface area contributed by atoms with Gasteiger partial charge in [0.25, 0.3) is 0 Å². The summed E-state index contributed by atoms with van der Waals surface area (Å²) >= 11 is 0. The van der Waals surface area contributed by atoms with E-state index in [1.807, 2.05) is 18.2 Å². The maximum atomic E-state index is 9.24. The van der Waals surface area contributed by atoms with Gasteiger partial charge >= 0.3 is 0 Å². The van der Waals surface area contributed by atoms with Crippen LogP contribution >= 0.6 is 0 Å². The van der Waals surface area contributed by atoms with E-state index in [1.165, 1.54) is 0 Å². The van der Waals surface area contributed by atoms with Gasteiger partial charge in [-0.3, -0.25) is 4.90 Å². The molecule has 1 rings (SSSR count). The van der Waals surface area contributed by atoms with Gasteiger partial charge in [-0.25, -0.2) is 0 Å². The molecule has 0 aromatic heterocycles. The largest absolute Gasteiger partial charge is 0.496 e. The fraction of sp³-hybridized carbons (Fsp3) is 0.600. The highest BCUT2D eigenvalue weighted by Crippen LogP contribution is 2.22. The van der Waals surface area contributed by atoms with Crippen LogP contribution in [0, 0.1) is 0 Å². The third kappa shape index (κ3) is 4.49. The predicted molar refractivity (Wildman–Crippen MR) is 76.3 cm³/mol. The van der Waals surface area contributed by atoms with E-state index in [2.05, 4.69) is 18.7 Å². The standard InChI is InChI=1S/C15H25NO3/c1-5-16(12(2)11-18-3)9-14-8-13(10-17)6-7-15(14)19-4/h6-8,12,17H,5,9-11H2,1-4H3. The van der Waals surface area contributed by atoms with Crippen molar-refractivity contribution in [2.24, 2.45) is 0 Å². The van der Waals surface area contributed by atoms with E-state index in [4.69, 9.17) is 9.47 Å². The summed E-state index contributed by atoms with van der Waals surface area (Å²) in [5.74, 6) is 0.861. The van der Waals surface area contributed by atoms with Crippen LogP contribution < -0.4 is 4.74 Å². The summed E-state index contributed by atoms with van der Waals surface area (Å²) in [7, 11) is 3.39. The SMILES string of the molecule is CCN(Cc1cc(CO)ccc1OC)C(C)COC. The number of aliphatic hydroxyl groups excluding tert-OH is 1. The van der Waals surface area contributed by atoms with Crippen molar-refractivity contribution < 1.29 is 14.6 Å². The van der Waals surface area contributed by atoms with Gasteiger partial charge in [-0.05, 0) is 31.2 Å². The van der Waals surface area contributed by atoms with Crippen molar-refractivity contribution in [3.8, 4) is 5.75 Å². The number of methoxy groups -OCH3 is 2. The number of hydrogen-bond donors (Lipinski definition) is 1. The van der Waals surface area contributed by atoms with E-state index in [1.54, 1.807) is 14.2 Å². The minimum absolute atomic E-state index is 0.0523. The molecule has 0 saturated carbocycles. The van der Waals surface area contributed by atoms with Gasteiger partial charge in [-0.1, -0.05) is 13.0 Å². The summed E-state index contributed by atoms with van der Waals surface area (Å²) in [5, 5.41) is 9.24. The average Bonchev–Trinajstić information content (AvgIpc) is 2.44. The molecule has 0 aliphatic rings. The molecule has 0 spiro atoms. The molecular formula is C15H25NO3. The second kappa shape index (κ2) is 8.15. The first-order chi connectivity index (χ1) is 9.15. The fourth-order valence-electron chi connectivity index (χ4n) is 2.20. The summed E-state index contributed by atoms with van der Waals surface area (Å²) < 4.78 is 10.6. The highest BCUT2D eigenvalue weighted by molar-refractivity contribution is 5.37. The number of ether oxygens (including phenoxy) is 2. The topological polar surface area (TPSA) is 41.9 Å². The normalized spacial score (nSPS) is 12.7. The molecule has 0 heterocycles. The molecule has 0 amide bonds. The van der Waals surface area contributed by atoms with Gasteiger partial charge in [0.2, 0.25) is 0 Å². The number of likely N-dealkylation sites (N-methyl/N-ethyl adjacent to an activating group) is 1. The lowest BCUT2D eigenvalue weighted by Gasteiger charge is -2.28. The Morgan fingerprint density at radius 2 is 2.05 bits per heavy atom. The molecule has 0 bridgehead atoms. The monoisotopic (exact) mass is 267 g/mol. The Labute approximate surface area is 115 Å². The van der Waals surface area contributed by atoms with Gasteiger partial charge in [0.1, 0.15) is 5.75 Å². The predicted octanol–water partition coefficient (Wildman–Crippen LogP) is 2.04. The summed E-state index contributed by atoms with van der Waals surface area (Å²) in [6, 6.07) is 6.14. The van der Waals surface area contributed by atoms with Crippen molar-refractivity contribution >= 4 is 0 Å². The third-order valence-corrected chi connectivity index (χ3v) is 3.34. The molecule has 19 heavy (non-hydrogen) atoms. The maximum absolute atomic E-state index is 9.24. The van der Waals surface area contributed by atoms with Crippen LogP contribution in [-0.4, -0.2) is 43.4 Å². The van der Waals surface area contributed by atoms with Crippen LogP contribution in [-0.2, 0) is 17.9 Å². The van der Waals surface area contributed by atoms with E-state index in [9.17, 15) is 5.11 Å². The number of nitrogens with zero attached hydrogens (tertiary/aromatic N) is 1. The molecule has 1 aromatic carbocycles. The molecule has 1 N–H and O–H groups in total. The molecule has 1 unspecified atom stereocenters. The molecule has 4 nitrogen and oxygen atoms in total. The van der Waals surface area contributed by atoms with E-state index in [-0.39, 0.29) is 6.61 Å². The molecule has 1 aromatic rings. The summed E-state index contributed by atoms with van der Waals surface area (Å²) in [5.41, 5.74) is 2.00. The van der Waals surface area contributed by atoms with Gasteiger partial charge in [0, 0.05) is 25.3 Å². The zero-order chi connectivity index (χ0) is 14.3. The Balaban J connectivity index is 2.88. The Bertz CT molecular complexity index is 382. The van der Waals surface area contributed by atoms with E-state index >= 15 is 0 Å². The van der Waals surface area contributed by atoms with Crippen LogP contribution in [0.1, 0.15) is 25.0 Å². The lowest BCUT2D eigenvalue weighted by atomic mass is 10.1. The van der Waals surface area contributed by atoms with Crippen LogP contribution in [0.15, 0.2) is 18.2 Å². The van der Waals surface area contributed by atoms with Gasteiger partial charge in [-0.15, -0.1) is 0 Å². The van der Waals surface area contributed by atoms with E-state index in [0.717, 1.165) is 30.0 Å². The van der Waals surface area contributed by atoms with Crippen LogP contribution in [0.5, 0.6) is 5.75 Å². The first-order valence-corrected chi connectivity index (χ1v) is 6.65. The van der Waals surface area contributed by atoms with Gasteiger partial charge < -0.3 is 14.6 Å². The maximum Gasteiger partial charge on any atom is 0.123 e. The molecule has 0 saturated heterocycles. The van der Waals surface area contributed by atoms with Crippen molar-refractivity contribution in [2.75, 3.05) is 27.4 Å². The van der Waals surface area contributed by atoms with Crippen molar-refractivity contribution in [3.05, 3.63) is 29.3 Å². The smallest absolute Gasteiger partial charge is 0.123 e. The molecule has 0 radical (unpaired) electrons. The highest BCUT2D eigenvalue weighted by atomic mass is 16.5. The molecular weight excluding hydrogens is 242 g/mol. The van der Waals surface area contributed by atoms with Gasteiger partial charge in [0.05, 0.1) is 20.3 Å². The van der Waals surface area contributed by atoms with Crippen molar-refractivity contribution in [3.63, 3.8) is 0 Å². The molecule has 108 valence electrons. The summed E-state index contributed by atoms with van der Waals surface area (Å²) in [6.07, 6.45) is 0. The zero-order valence-electron chi connectivity index (χ0n) is 12.3. The number of rotatable bonds is 8. The van der Waals surface area contributed by atoms with Crippen molar-refractivity contribution in [1.29, 1.82) is 0 Å². The Hall–Kier alpha value is -1.10. The van der Waals surface area contributed by atoms with Crippen molar-refractivity contribution in [2.45, 2.75) is 33.0 Å². The minimum atomic E-state index is 0.0523. The lowest BCUT2D eigenvalue weighted by Crippen LogP contribution is -2.35. The van der Waals surface area contributed by atoms with Gasteiger partial charge in [0.15, 0.2) is 0 Å². The van der Waals surface area contributed by atoms with E-state index < -0.39 is 0 Å². The lowest BCUT2D eigenvalue weighted by molar-refractivity contribution is 0.0976. The summed E-state index contributed by atoms with van der Waals surface area (Å²) in [4.78, 5) is 2.32. The highest BCUT2D eigenvalue weighted by Gasteiger charge is 2.15. The van der Waals surface area contributed by atoms with Gasteiger partial charge in [-0.2, -0.15) is 0 Å². The first kappa shape index (κ1) is 16.0. The van der Waals surface area contributed by atoms with Crippen LogP contribution in [0.3, 0.4) is 0 Å². The molecule has 4 heteroatoms. The molecule has 0 aliphatic heterocycles. The molecule has 1 atom stereocenters. The second-order valence-corrected chi connectivity index (χ2v) is 4.67. The zero-order valence-corrected chi connectivity index (χ0v) is 12.3. The van der Waals surface area contributed by atoms with Crippen LogP contribution in [0.25, 0.3) is 0 Å². The number of benzene rings is 1. The Morgan fingerprint density at radius 1 is 1.32 bits per heavy atom.